The van der Waals surface area contributed by atoms with Crippen LogP contribution in [0.1, 0.15) is 94.6 Å². The summed E-state index contributed by atoms with van der Waals surface area (Å²) in [4.78, 5) is 62.9. The van der Waals surface area contributed by atoms with Gasteiger partial charge in [0, 0.05) is 43.4 Å². The number of rotatable bonds is 19. The Hall–Kier alpha value is -6.06. The molecule has 1 aliphatic heterocycles. The normalized spacial score (nSPS) is 15.8. The lowest BCUT2D eigenvalue weighted by Crippen LogP contribution is -2.58. The lowest BCUT2D eigenvalue weighted by atomic mass is 9.85. The highest BCUT2D eigenvalue weighted by Gasteiger charge is 2.46. The fourth-order valence-electron chi connectivity index (χ4n) is 8.44. The Bertz CT molecular complexity index is 2440. The molecule has 0 unspecified atom stereocenters. The van der Waals surface area contributed by atoms with Gasteiger partial charge >= 0.3 is 5.97 Å². The molecule has 5 aromatic rings. The zero-order valence-corrected chi connectivity index (χ0v) is 40.7. The standard InChI is InChI=1S/C51H64N6O8S/c1-31-14-15-39(46-33(3)55-65-35(46)5)26-43(31)56(40-20-22-41(62-10)23-21-40)24-12-11-13-25-63-29-45(59)54-48(51(7,8)9)50(61)57-28-42(64-36(6)58)27-44(57)49(60)53-32(2)37-16-18-38(19-17-37)47-34(4)52-30-66-47/h14-23,26,30,32,42,44,48H,11-13,24-25,27-29H2,1-10H3,(H,53,60)(H,54,59)/t32-,42+,44-,48+/m0/s1. The summed E-state index contributed by atoms with van der Waals surface area (Å²) < 4.78 is 22.3. The molecule has 3 aromatic carbocycles. The molecule has 1 fully saturated rings. The van der Waals surface area contributed by atoms with Crippen LogP contribution in [0.15, 0.2) is 76.8 Å². The number of hydrogen-bond donors (Lipinski definition) is 2. The molecule has 2 N–H and O–H groups in total. The quantitative estimate of drug-likeness (QED) is 0.0600. The number of benzene rings is 3. The molecule has 2 aromatic heterocycles. The van der Waals surface area contributed by atoms with Crippen molar-refractivity contribution in [3.05, 3.63) is 101 Å². The number of methoxy groups -OCH3 is 1. The minimum absolute atomic E-state index is 0.0227. The van der Waals surface area contributed by atoms with E-state index in [-0.39, 0.29) is 31.5 Å². The van der Waals surface area contributed by atoms with E-state index < -0.39 is 41.4 Å². The second kappa shape index (κ2) is 22.0. The van der Waals surface area contributed by atoms with Gasteiger partial charge in [-0.3, -0.25) is 19.2 Å². The van der Waals surface area contributed by atoms with Gasteiger partial charge in [0.15, 0.2) is 0 Å². The van der Waals surface area contributed by atoms with Gasteiger partial charge in [0.25, 0.3) is 0 Å². The van der Waals surface area contributed by atoms with Crippen molar-refractivity contribution >= 4 is 46.4 Å². The number of anilines is 2. The van der Waals surface area contributed by atoms with Gasteiger partial charge in [-0.1, -0.05) is 62.3 Å². The van der Waals surface area contributed by atoms with E-state index in [1.165, 1.54) is 11.8 Å². The van der Waals surface area contributed by atoms with E-state index >= 15 is 0 Å². The number of esters is 1. The molecule has 0 aliphatic carbocycles. The predicted octanol–water partition coefficient (Wildman–Crippen LogP) is 8.97. The fraction of sp³-hybridized carbons (Fsp3) is 0.451. The lowest BCUT2D eigenvalue weighted by molar-refractivity contribution is -0.147. The summed E-state index contributed by atoms with van der Waals surface area (Å²) in [5.41, 5.74) is 10.1. The summed E-state index contributed by atoms with van der Waals surface area (Å²) in [6.45, 7) is 17.6. The second-order valence-corrected chi connectivity index (χ2v) is 19.0. The molecule has 1 aliphatic rings. The van der Waals surface area contributed by atoms with E-state index in [1.807, 2.05) is 90.4 Å². The zero-order chi connectivity index (χ0) is 47.7. The van der Waals surface area contributed by atoms with Gasteiger partial charge in [0.2, 0.25) is 17.7 Å². The Kier molecular flexibility index (Phi) is 16.4. The van der Waals surface area contributed by atoms with Gasteiger partial charge in [-0.25, -0.2) is 4.98 Å². The largest absolute Gasteiger partial charge is 0.497 e. The van der Waals surface area contributed by atoms with E-state index in [9.17, 15) is 19.2 Å². The van der Waals surface area contributed by atoms with Gasteiger partial charge in [-0.05, 0) is 112 Å². The van der Waals surface area contributed by atoms with Crippen LogP contribution >= 0.6 is 11.3 Å². The van der Waals surface area contributed by atoms with E-state index in [1.54, 1.807) is 18.4 Å². The van der Waals surface area contributed by atoms with Crippen molar-refractivity contribution in [2.75, 3.05) is 38.3 Å². The summed E-state index contributed by atoms with van der Waals surface area (Å²) in [6.07, 6.45) is 1.88. The number of ether oxygens (including phenoxy) is 3. The number of nitrogens with zero attached hydrogens (tertiary/aromatic N) is 4. The number of aryl methyl sites for hydroxylation is 4. The van der Waals surface area contributed by atoms with Crippen LogP contribution in [-0.4, -0.2) is 90.3 Å². The Labute approximate surface area is 392 Å². The van der Waals surface area contributed by atoms with Crippen LogP contribution in [0.4, 0.5) is 11.4 Å². The maximum absolute atomic E-state index is 14.4. The summed E-state index contributed by atoms with van der Waals surface area (Å²) in [5, 5.41) is 10.1. The summed E-state index contributed by atoms with van der Waals surface area (Å²) in [6, 6.07) is 20.1. The number of hydrogen-bond acceptors (Lipinski definition) is 12. The van der Waals surface area contributed by atoms with E-state index in [0.29, 0.717) is 6.61 Å². The minimum atomic E-state index is -0.983. The number of unbranched alkanes of at least 4 members (excludes halogenated alkanes) is 2. The highest BCUT2D eigenvalue weighted by molar-refractivity contribution is 7.13. The van der Waals surface area contributed by atoms with Crippen molar-refractivity contribution in [2.45, 2.75) is 112 Å². The zero-order valence-electron chi connectivity index (χ0n) is 39.9. The Balaban J connectivity index is 1.04. The molecular formula is C51H64N6O8S. The molecule has 352 valence electrons. The summed E-state index contributed by atoms with van der Waals surface area (Å²) >= 11 is 1.57. The monoisotopic (exact) mass is 920 g/mol. The first-order valence-electron chi connectivity index (χ1n) is 22.6. The molecule has 4 atom stereocenters. The number of amides is 3. The first-order chi connectivity index (χ1) is 31.4. The lowest BCUT2D eigenvalue weighted by Gasteiger charge is -2.35. The van der Waals surface area contributed by atoms with Crippen LogP contribution in [0.5, 0.6) is 5.75 Å². The van der Waals surface area contributed by atoms with Crippen molar-refractivity contribution in [3.8, 4) is 27.3 Å². The SMILES string of the molecule is COc1ccc(N(CCCCCOCC(=O)N[C@H](C(=O)N2C[C@H](OC(C)=O)C[C@H]2C(=O)N[C@@H](C)c2ccc(-c3scnc3C)cc2)C(C)(C)C)c2cc(-c3c(C)noc3C)ccc2C)cc1. The number of carbonyl (C=O) groups excluding carboxylic acids is 4. The van der Waals surface area contributed by atoms with Crippen LogP contribution in [-0.2, 0) is 28.7 Å². The number of aromatic nitrogens is 2. The molecule has 66 heavy (non-hydrogen) atoms. The molecule has 0 saturated carbocycles. The van der Waals surface area contributed by atoms with Crippen LogP contribution < -0.4 is 20.3 Å². The Morgan fingerprint density at radius 1 is 0.924 bits per heavy atom. The van der Waals surface area contributed by atoms with E-state index in [4.69, 9.17) is 18.7 Å². The minimum Gasteiger partial charge on any atom is -0.497 e. The third-order valence-corrected chi connectivity index (χ3v) is 13.0. The smallest absolute Gasteiger partial charge is 0.302 e. The summed E-state index contributed by atoms with van der Waals surface area (Å²) in [7, 11) is 1.65. The van der Waals surface area contributed by atoms with E-state index in [2.05, 4.69) is 62.9 Å². The highest BCUT2D eigenvalue weighted by Crippen LogP contribution is 2.36. The van der Waals surface area contributed by atoms with Gasteiger partial charge in [0.1, 0.15) is 36.3 Å². The van der Waals surface area contributed by atoms with Gasteiger partial charge in [-0.15, -0.1) is 11.3 Å². The molecule has 0 bridgehead atoms. The van der Waals surface area contributed by atoms with E-state index in [0.717, 1.165) is 92.8 Å². The van der Waals surface area contributed by atoms with Crippen molar-refractivity contribution in [3.63, 3.8) is 0 Å². The third-order valence-electron chi connectivity index (χ3n) is 12.0. The number of likely N-dealkylation sites (tertiary alicyclic amines) is 1. The van der Waals surface area contributed by atoms with Crippen LogP contribution in [0.25, 0.3) is 21.6 Å². The van der Waals surface area contributed by atoms with Crippen molar-refractivity contribution in [1.29, 1.82) is 0 Å². The van der Waals surface area contributed by atoms with Crippen molar-refractivity contribution < 1.29 is 37.9 Å². The third kappa shape index (κ3) is 12.2. The average Bonchev–Trinajstić information content (AvgIpc) is 4.01. The Morgan fingerprint density at radius 2 is 1.64 bits per heavy atom. The number of nitrogens with one attached hydrogen (secondary N) is 2. The molecule has 15 heteroatoms. The van der Waals surface area contributed by atoms with Crippen molar-refractivity contribution in [2.24, 2.45) is 5.41 Å². The molecule has 0 spiro atoms. The highest BCUT2D eigenvalue weighted by atomic mass is 32.1. The molecule has 6 rings (SSSR count). The summed E-state index contributed by atoms with van der Waals surface area (Å²) in [5.74, 6) is -0.195. The van der Waals surface area contributed by atoms with Crippen LogP contribution in [0.3, 0.4) is 0 Å². The van der Waals surface area contributed by atoms with Gasteiger partial charge in [-0.2, -0.15) is 0 Å². The second-order valence-electron chi connectivity index (χ2n) is 18.1. The van der Waals surface area contributed by atoms with Gasteiger partial charge in [0.05, 0.1) is 41.5 Å². The number of carbonyl (C=O) groups is 4. The molecule has 3 amide bonds. The number of thiazole rings is 1. The molecular weight excluding hydrogens is 857 g/mol. The van der Waals surface area contributed by atoms with Crippen LogP contribution in [0, 0.1) is 33.1 Å². The predicted molar refractivity (Wildman–Crippen MR) is 257 cm³/mol. The van der Waals surface area contributed by atoms with Gasteiger partial charge < -0.3 is 39.2 Å². The molecule has 14 nitrogen and oxygen atoms in total. The molecule has 3 heterocycles. The maximum atomic E-state index is 14.4. The average molecular weight is 921 g/mol. The topological polar surface area (TPSA) is 165 Å². The maximum Gasteiger partial charge on any atom is 0.302 e. The molecule has 1 saturated heterocycles. The molecule has 0 radical (unpaired) electrons. The Morgan fingerprint density at radius 3 is 2.26 bits per heavy atom. The fourth-order valence-corrected chi connectivity index (χ4v) is 9.25. The first kappa shape index (κ1) is 49.4. The van der Waals surface area contributed by atoms with Crippen molar-refractivity contribution in [1.82, 2.24) is 25.7 Å². The van der Waals surface area contributed by atoms with Crippen LogP contribution in [0.2, 0.25) is 0 Å². The first-order valence-corrected chi connectivity index (χ1v) is 23.4.